The number of ether oxygens (including phenoxy) is 1. The zero-order valence-electron chi connectivity index (χ0n) is 24.6. The lowest BCUT2D eigenvalue weighted by Gasteiger charge is -2.26. The monoisotopic (exact) mass is 652 g/mol. The van der Waals surface area contributed by atoms with E-state index in [0.29, 0.717) is 15.6 Å². The first-order valence-corrected chi connectivity index (χ1v) is 14.6. The van der Waals surface area contributed by atoms with Crippen molar-refractivity contribution in [3.05, 3.63) is 33.8 Å². The smallest absolute Gasteiger partial charge is 0.407 e. The number of benzene rings is 1. The predicted octanol–water partition coefficient (Wildman–Crippen LogP) is 3.94. The van der Waals surface area contributed by atoms with Crippen LogP contribution in [0.25, 0.3) is 0 Å². The summed E-state index contributed by atoms with van der Waals surface area (Å²) in [6, 6.07) is 0.541. The molecule has 0 radical (unpaired) electrons. The molecule has 1 aromatic rings. The molecule has 0 unspecified atom stereocenters. The van der Waals surface area contributed by atoms with Gasteiger partial charge in [-0.05, 0) is 48.8 Å². The first-order valence-electron chi connectivity index (χ1n) is 13.8. The summed E-state index contributed by atoms with van der Waals surface area (Å²) in [4.78, 5) is 62.3. The minimum absolute atomic E-state index is 0.00443. The van der Waals surface area contributed by atoms with Crippen LogP contribution in [0, 0.1) is 11.8 Å². The Bertz CT molecular complexity index is 1110. The summed E-state index contributed by atoms with van der Waals surface area (Å²) in [5.74, 6) is -4.01. The van der Waals surface area contributed by atoms with Crippen LogP contribution in [0.1, 0.15) is 58.9 Å². The Hall–Kier alpha value is -3.19. The Labute approximate surface area is 259 Å². The normalized spacial score (nSPS) is 13.3. The van der Waals surface area contributed by atoms with E-state index in [4.69, 9.17) is 33.0 Å². The molecule has 0 fully saturated rings. The van der Waals surface area contributed by atoms with Gasteiger partial charge in [0, 0.05) is 29.4 Å². The summed E-state index contributed by atoms with van der Waals surface area (Å²) < 4.78 is 31.7. The third-order valence-electron chi connectivity index (χ3n) is 5.90. The standard InChI is InChI=1S/C28H40Cl2F2N4O7/c1-15(2)11-21(34-26(40)20(7-8-24(37)38)36-28(42)43-14-16(3)4)27(41)35-22(13-23(31)32)25(39)33-10-9-17-5-6-18(29)12-19(17)30/h5-6,12,15-16,20-23H,7-11,13-14H2,1-4H3,(H,33,39)(H,34,40)(H,35,41)(H,36,42)(H,37,38)/t20-,21-,22-/m0/s1. The predicted molar refractivity (Wildman–Crippen MR) is 157 cm³/mol. The van der Waals surface area contributed by atoms with Crippen molar-refractivity contribution in [1.82, 2.24) is 21.3 Å². The van der Waals surface area contributed by atoms with Crippen LogP contribution in [0.4, 0.5) is 13.6 Å². The van der Waals surface area contributed by atoms with Crippen LogP contribution in [0.15, 0.2) is 18.2 Å². The lowest BCUT2D eigenvalue weighted by Crippen LogP contribution is -2.57. The van der Waals surface area contributed by atoms with Crippen LogP contribution in [0.3, 0.4) is 0 Å². The van der Waals surface area contributed by atoms with Crippen molar-refractivity contribution in [1.29, 1.82) is 0 Å². The maximum Gasteiger partial charge on any atom is 0.407 e. The molecule has 1 aromatic carbocycles. The van der Waals surface area contributed by atoms with Gasteiger partial charge >= 0.3 is 12.1 Å². The Kier molecular flexibility index (Phi) is 16.9. The maximum atomic E-state index is 13.4. The van der Waals surface area contributed by atoms with E-state index in [-0.39, 0.29) is 44.2 Å². The second-order valence-electron chi connectivity index (χ2n) is 10.8. The lowest BCUT2D eigenvalue weighted by atomic mass is 10.0. The molecule has 242 valence electrons. The number of carbonyl (C=O) groups is 5. The molecule has 11 nitrogen and oxygen atoms in total. The summed E-state index contributed by atoms with van der Waals surface area (Å²) in [5.41, 5.74) is 0.666. The average molecular weight is 654 g/mol. The largest absolute Gasteiger partial charge is 0.481 e. The number of hydrogen-bond donors (Lipinski definition) is 5. The molecule has 43 heavy (non-hydrogen) atoms. The molecular formula is C28H40Cl2F2N4O7. The zero-order chi connectivity index (χ0) is 32.7. The Morgan fingerprint density at radius 2 is 1.47 bits per heavy atom. The van der Waals surface area contributed by atoms with Crippen molar-refractivity contribution in [2.45, 2.75) is 84.4 Å². The quantitative estimate of drug-likeness (QED) is 0.160. The van der Waals surface area contributed by atoms with Gasteiger partial charge in [-0.3, -0.25) is 19.2 Å². The Morgan fingerprint density at radius 3 is 2.00 bits per heavy atom. The average Bonchev–Trinajstić information content (AvgIpc) is 2.89. The molecule has 0 heterocycles. The molecule has 0 saturated heterocycles. The second-order valence-corrected chi connectivity index (χ2v) is 11.6. The van der Waals surface area contributed by atoms with E-state index in [1.54, 1.807) is 39.8 Å². The summed E-state index contributed by atoms with van der Waals surface area (Å²) in [7, 11) is 0. The second kappa shape index (κ2) is 19.2. The van der Waals surface area contributed by atoms with E-state index in [9.17, 15) is 32.8 Å². The van der Waals surface area contributed by atoms with E-state index in [2.05, 4.69) is 21.3 Å². The molecule has 3 atom stereocenters. The highest BCUT2D eigenvalue weighted by molar-refractivity contribution is 6.35. The molecule has 0 aliphatic rings. The topological polar surface area (TPSA) is 163 Å². The van der Waals surface area contributed by atoms with Crippen molar-refractivity contribution >= 4 is 53.0 Å². The van der Waals surface area contributed by atoms with Crippen molar-refractivity contribution < 1.29 is 42.6 Å². The fourth-order valence-electron chi connectivity index (χ4n) is 3.79. The molecule has 0 spiro atoms. The van der Waals surface area contributed by atoms with Crippen LogP contribution >= 0.6 is 23.2 Å². The van der Waals surface area contributed by atoms with E-state index in [1.165, 1.54) is 6.07 Å². The van der Waals surface area contributed by atoms with Crippen molar-refractivity contribution in [2.24, 2.45) is 11.8 Å². The zero-order valence-corrected chi connectivity index (χ0v) is 26.1. The minimum Gasteiger partial charge on any atom is -0.481 e. The molecule has 1 rings (SSSR count). The first-order chi connectivity index (χ1) is 20.1. The van der Waals surface area contributed by atoms with Crippen molar-refractivity contribution in [2.75, 3.05) is 13.2 Å². The van der Waals surface area contributed by atoms with Gasteiger partial charge in [0.15, 0.2) is 0 Å². The van der Waals surface area contributed by atoms with Gasteiger partial charge in [0.1, 0.15) is 18.1 Å². The fourth-order valence-corrected chi connectivity index (χ4v) is 4.29. The maximum absolute atomic E-state index is 13.4. The number of alkyl halides is 2. The number of halogens is 4. The number of amides is 4. The molecule has 0 aliphatic heterocycles. The molecule has 5 N–H and O–H groups in total. The number of rotatable bonds is 18. The Balaban J connectivity index is 2.98. The number of hydrogen-bond acceptors (Lipinski definition) is 6. The SMILES string of the molecule is CC(C)COC(=O)N[C@@H](CCC(=O)O)C(=O)N[C@@H](CC(C)C)C(=O)N[C@@H](CC(F)F)C(=O)NCCc1ccc(Cl)cc1Cl. The molecule has 0 bridgehead atoms. The van der Waals surface area contributed by atoms with Crippen LogP contribution < -0.4 is 21.3 Å². The summed E-state index contributed by atoms with van der Waals surface area (Å²) >= 11 is 12.0. The number of alkyl carbamates (subject to hydrolysis) is 1. The third-order valence-corrected chi connectivity index (χ3v) is 6.49. The van der Waals surface area contributed by atoms with Crippen LogP contribution in [-0.2, 0) is 30.3 Å². The molecular weight excluding hydrogens is 613 g/mol. The van der Waals surface area contributed by atoms with Crippen molar-refractivity contribution in [3.8, 4) is 0 Å². The lowest BCUT2D eigenvalue weighted by molar-refractivity contribution is -0.137. The fraction of sp³-hybridized carbons (Fsp3) is 0.607. The summed E-state index contributed by atoms with van der Waals surface area (Å²) in [6.45, 7) is 7.19. The molecule has 15 heteroatoms. The van der Waals surface area contributed by atoms with E-state index in [1.807, 2.05) is 0 Å². The number of carboxylic acid groups (broad SMARTS) is 1. The number of carboxylic acids is 1. The van der Waals surface area contributed by atoms with Crippen LogP contribution in [-0.4, -0.2) is 72.6 Å². The number of carbonyl (C=O) groups excluding carboxylic acids is 4. The minimum atomic E-state index is -2.93. The highest BCUT2D eigenvalue weighted by Crippen LogP contribution is 2.21. The number of aliphatic carboxylic acids is 1. The van der Waals surface area contributed by atoms with Gasteiger partial charge in [0.2, 0.25) is 24.1 Å². The van der Waals surface area contributed by atoms with Gasteiger partial charge in [0.25, 0.3) is 0 Å². The molecule has 4 amide bonds. The Morgan fingerprint density at radius 1 is 0.860 bits per heavy atom. The van der Waals surface area contributed by atoms with E-state index < -0.39 is 67.2 Å². The van der Waals surface area contributed by atoms with Crippen LogP contribution in [0.2, 0.25) is 10.0 Å². The van der Waals surface area contributed by atoms with Crippen LogP contribution in [0.5, 0.6) is 0 Å². The van der Waals surface area contributed by atoms with E-state index >= 15 is 0 Å². The molecule has 0 aromatic heterocycles. The van der Waals surface area contributed by atoms with E-state index in [0.717, 1.165) is 0 Å². The third kappa shape index (κ3) is 15.7. The summed E-state index contributed by atoms with van der Waals surface area (Å²) in [5, 5.41) is 19.4. The first kappa shape index (κ1) is 37.8. The molecule has 0 aliphatic carbocycles. The molecule has 0 saturated carbocycles. The highest BCUT2D eigenvalue weighted by atomic mass is 35.5. The van der Waals surface area contributed by atoms with Gasteiger partial charge in [-0.15, -0.1) is 0 Å². The van der Waals surface area contributed by atoms with Gasteiger partial charge in [0.05, 0.1) is 6.61 Å². The van der Waals surface area contributed by atoms with Gasteiger partial charge < -0.3 is 31.1 Å². The number of nitrogens with one attached hydrogen (secondary N) is 4. The van der Waals surface area contributed by atoms with Gasteiger partial charge in [-0.25, -0.2) is 13.6 Å². The highest BCUT2D eigenvalue weighted by Gasteiger charge is 2.31. The van der Waals surface area contributed by atoms with Gasteiger partial charge in [-0.1, -0.05) is 57.0 Å². The van der Waals surface area contributed by atoms with Gasteiger partial charge in [-0.2, -0.15) is 0 Å². The summed E-state index contributed by atoms with van der Waals surface area (Å²) in [6.07, 6.45) is -5.30. The van der Waals surface area contributed by atoms with Crippen molar-refractivity contribution in [3.63, 3.8) is 0 Å².